The third kappa shape index (κ3) is 3.08. The van der Waals surface area contributed by atoms with Gasteiger partial charge in [-0.15, -0.1) is 0 Å². The SMILES string of the molecule is O=C(O)C1(C(=O)Nc2ccc(Oc3ccnc4c3Oc3ccccc3N4)cc2)CC1. The molecule has 2 heterocycles. The van der Waals surface area contributed by atoms with Crippen molar-refractivity contribution < 1.29 is 24.2 Å². The minimum Gasteiger partial charge on any atom is -0.480 e. The number of anilines is 3. The van der Waals surface area contributed by atoms with E-state index in [1.54, 1.807) is 36.5 Å². The molecule has 1 aliphatic heterocycles. The first kappa shape index (κ1) is 18.0. The minimum absolute atomic E-state index is 0.361. The third-order valence-corrected chi connectivity index (χ3v) is 5.15. The number of carboxylic acid groups (broad SMARTS) is 1. The lowest BCUT2D eigenvalue weighted by molar-refractivity contribution is -0.147. The maximum absolute atomic E-state index is 12.2. The van der Waals surface area contributed by atoms with Gasteiger partial charge in [-0.1, -0.05) is 12.1 Å². The van der Waals surface area contributed by atoms with Crippen LogP contribution in [0.25, 0.3) is 0 Å². The van der Waals surface area contributed by atoms with Crippen molar-refractivity contribution in [2.24, 2.45) is 5.41 Å². The predicted molar refractivity (Wildman–Crippen MR) is 108 cm³/mol. The molecule has 1 aliphatic carbocycles. The highest BCUT2D eigenvalue weighted by molar-refractivity contribution is 6.10. The number of pyridine rings is 1. The molecule has 3 aromatic rings. The number of ether oxygens (including phenoxy) is 2. The largest absolute Gasteiger partial charge is 0.480 e. The van der Waals surface area contributed by atoms with Crippen molar-refractivity contribution >= 4 is 29.1 Å². The van der Waals surface area contributed by atoms with E-state index in [1.807, 2.05) is 24.3 Å². The van der Waals surface area contributed by atoms with E-state index in [4.69, 9.17) is 9.47 Å². The maximum atomic E-state index is 12.2. The number of carboxylic acids is 1. The number of fused-ring (bicyclic) bond motifs is 2. The average molecular weight is 403 g/mol. The second-order valence-electron chi connectivity index (χ2n) is 7.18. The first-order valence-corrected chi connectivity index (χ1v) is 9.41. The summed E-state index contributed by atoms with van der Waals surface area (Å²) in [6.07, 6.45) is 2.34. The Balaban J connectivity index is 1.32. The number of carbonyl (C=O) groups is 2. The molecule has 1 saturated carbocycles. The molecule has 3 N–H and O–H groups in total. The molecule has 2 aliphatic rings. The van der Waals surface area contributed by atoms with Crippen molar-refractivity contribution in [3.05, 3.63) is 60.8 Å². The van der Waals surface area contributed by atoms with Gasteiger partial charge in [-0.05, 0) is 49.2 Å². The number of amides is 1. The van der Waals surface area contributed by atoms with Gasteiger partial charge in [-0.25, -0.2) is 4.98 Å². The first-order valence-electron chi connectivity index (χ1n) is 9.41. The molecule has 8 heteroatoms. The summed E-state index contributed by atoms with van der Waals surface area (Å²) in [5, 5.41) is 15.1. The fourth-order valence-corrected chi connectivity index (χ4v) is 3.24. The van der Waals surface area contributed by atoms with Crippen LogP contribution in [0.2, 0.25) is 0 Å². The van der Waals surface area contributed by atoms with Crippen LogP contribution in [0.1, 0.15) is 12.8 Å². The van der Waals surface area contributed by atoms with Gasteiger partial charge in [0.15, 0.2) is 17.3 Å². The lowest BCUT2D eigenvalue weighted by Gasteiger charge is -2.22. The van der Waals surface area contributed by atoms with Crippen molar-refractivity contribution in [2.45, 2.75) is 12.8 Å². The molecule has 8 nitrogen and oxygen atoms in total. The van der Waals surface area contributed by atoms with Gasteiger partial charge in [0.25, 0.3) is 0 Å². The van der Waals surface area contributed by atoms with E-state index in [-0.39, 0.29) is 0 Å². The van der Waals surface area contributed by atoms with Gasteiger partial charge in [-0.2, -0.15) is 0 Å². The molecule has 30 heavy (non-hydrogen) atoms. The number of hydrogen-bond donors (Lipinski definition) is 3. The zero-order valence-electron chi connectivity index (χ0n) is 15.7. The highest BCUT2D eigenvalue weighted by Crippen LogP contribution is 2.47. The van der Waals surface area contributed by atoms with Crippen LogP contribution in [0.3, 0.4) is 0 Å². The molecule has 1 aromatic heterocycles. The van der Waals surface area contributed by atoms with Crippen LogP contribution in [-0.2, 0) is 9.59 Å². The highest BCUT2D eigenvalue weighted by Gasteiger charge is 2.57. The van der Waals surface area contributed by atoms with Crippen molar-refractivity contribution in [1.29, 1.82) is 0 Å². The summed E-state index contributed by atoms with van der Waals surface area (Å²) in [5.74, 6) is 1.14. The summed E-state index contributed by atoms with van der Waals surface area (Å²) < 4.78 is 11.9. The Labute approximate surface area is 171 Å². The monoisotopic (exact) mass is 403 g/mol. The molecular formula is C22H17N3O5. The van der Waals surface area contributed by atoms with Gasteiger partial charge in [0, 0.05) is 18.0 Å². The number of aromatic nitrogens is 1. The second kappa shape index (κ2) is 6.77. The number of carbonyl (C=O) groups excluding carboxylic acids is 1. The number of aliphatic carboxylic acids is 1. The van der Waals surface area contributed by atoms with Crippen molar-refractivity contribution in [3.8, 4) is 23.0 Å². The minimum atomic E-state index is -1.29. The van der Waals surface area contributed by atoms with Crippen molar-refractivity contribution in [3.63, 3.8) is 0 Å². The standard InChI is InChI=1S/C22H17N3O5/c26-20(22(10-11-22)21(27)28)24-13-5-7-14(8-6-13)29-17-9-12-23-19-18(17)30-16-4-2-1-3-15(16)25-19/h1-9,12H,10-11H2,(H,23,25)(H,24,26)(H,27,28). The molecule has 2 aromatic carbocycles. The van der Waals surface area contributed by atoms with Gasteiger partial charge >= 0.3 is 5.97 Å². The van der Waals surface area contributed by atoms with Crippen LogP contribution in [0.5, 0.6) is 23.0 Å². The van der Waals surface area contributed by atoms with E-state index in [2.05, 4.69) is 15.6 Å². The molecule has 0 atom stereocenters. The lowest BCUT2D eigenvalue weighted by Crippen LogP contribution is -2.31. The van der Waals surface area contributed by atoms with E-state index in [0.29, 0.717) is 47.3 Å². The average Bonchev–Trinajstić information content (AvgIpc) is 3.56. The van der Waals surface area contributed by atoms with Gasteiger partial charge < -0.3 is 25.2 Å². The van der Waals surface area contributed by atoms with E-state index >= 15 is 0 Å². The van der Waals surface area contributed by atoms with Crippen LogP contribution in [-0.4, -0.2) is 22.0 Å². The number of para-hydroxylation sites is 2. The van der Waals surface area contributed by atoms with E-state index < -0.39 is 17.3 Å². The Morgan fingerprint density at radius 3 is 2.60 bits per heavy atom. The summed E-state index contributed by atoms with van der Waals surface area (Å²) in [4.78, 5) is 27.8. The maximum Gasteiger partial charge on any atom is 0.319 e. The quantitative estimate of drug-likeness (QED) is 0.420. The molecule has 150 valence electrons. The molecule has 0 bridgehead atoms. The summed E-state index contributed by atoms with van der Waals surface area (Å²) in [5.41, 5.74) is 0.0411. The topological polar surface area (TPSA) is 110 Å². The smallest absolute Gasteiger partial charge is 0.319 e. The first-order chi connectivity index (χ1) is 14.5. The molecule has 1 fully saturated rings. The van der Waals surface area contributed by atoms with Crippen molar-refractivity contribution in [1.82, 2.24) is 4.98 Å². The Kier molecular flexibility index (Phi) is 4.06. The number of nitrogens with zero attached hydrogens (tertiary/aromatic N) is 1. The predicted octanol–water partition coefficient (Wildman–Crippen LogP) is 4.53. The molecule has 5 rings (SSSR count). The van der Waals surface area contributed by atoms with Crippen molar-refractivity contribution in [2.75, 3.05) is 10.6 Å². The number of benzene rings is 2. The van der Waals surface area contributed by atoms with Crippen LogP contribution in [0, 0.1) is 5.41 Å². The molecular weight excluding hydrogens is 386 g/mol. The Morgan fingerprint density at radius 1 is 1.10 bits per heavy atom. The lowest BCUT2D eigenvalue weighted by atomic mass is 10.1. The summed E-state index contributed by atoms with van der Waals surface area (Å²) >= 11 is 0. The summed E-state index contributed by atoms with van der Waals surface area (Å²) in [6.45, 7) is 0. The normalized spacial score (nSPS) is 14.9. The Bertz CT molecular complexity index is 1160. The molecule has 0 radical (unpaired) electrons. The summed E-state index contributed by atoms with van der Waals surface area (Å²) in [6, 6.07) is 15.9. The Hall–Kier alpha value is -4.07. The second-order valence-corrected chi connectivity index (χ2v) is 7.18. The molecule has 0 saturated heterocycles. The number of nitrogens with one attached hydrogen (secondary N) is 2. The molecule has 0 spiro atoms. The third-order valence-electron chi connectivity index (χ3n) is 5.15. The van der Waals surface area contributed by atoms with E-state index in [0.717, 1.165) is 5.69 Å². The fraction of sp³-hybridized carbons (Fsp3) is 0.136. The number of rotatable bonds is 5. The molecule has 0 unspecified atom stereocenters. The van der Waals surface area contributed by atoms with Crippen LogP contribution in [0.15, 0.2) is 60.8 Å². The molecule has 1 amide bonds. The zero-order valence-corrected chi connectivity index (χ0v) is 15.7. The van der Waals surface area contributed by atoms with Crippen LogP contribution in [0.4, 0.5) is 17.2 Å². The summed E-state index contributed by atoms with van der Waals surface area (Å²) in [7, 11) is 0. The van der Waals surface area contributed by atoms with E-state index in [9.17, 15) is 14.7 Å². The van der Waals surface area contributed by atoms with Gasteiger partial charge in [0.2, 0.25) is 11.7 Å². The van der Waals surface area contributed by atoms with Gasteiger partial charge in [0.05, 0.1) is 5.69 Å². The Morgan fingerprint density at radius 2 is 1.87 bits per heavy atom. The fourth-order valence-electron chi connectivity index (χ4n) is 3.24. The highest BCUT2D eigenvalue weighted by atomic mass is 16.5. The van der Waals surface area contributed by atoms with Crippen LogP contribution >= 0.6 is 0 Å². The van der Waals surface area contributed by atoms with Crippen LogP contribution < -0.4 is 20.1 Å². The van der Waals surface area contributed by atoms with Gasteiger partial charge in [-0.3, -0.25) is 9.59 Å². The van der Waals surface area contributed by atoms with E-state index in [1.165, 1.54) is 0 Å². The van der Waals surface area contributed by atoms with Gasteiger partial charge in [0.1, 0.15) is 11.2 Å². The zero-order chi connectivity index (χ0) is 20.7. The number of hydrogen-bond acceptors (Lipinski definition) is 6.